The minimum Gasteiger partial charge on any atom is -0.382 e. The summed E-state index contributed by atoms with van der Waals surface area (Å²) in [6.07, 6.45) is 0. The van der Waals surface area contributed by atoms with Gasteiger partial charge in [-0.3, -0.25) is 14.3 Å². The molecule has 1 N–H and O–H groups in total. The average Bonchev–Trinajstić information content (AvgIpc) is 2.30. The zero-order valence-electron chi connectivity index (χ0n) is 9.16. The summed E-state index contributed by atoms with van der Waals surface area (Å²) in [4.78, 5) is 24.7. The fraction of sp³-hybridized carbons (Fsp3) is 0.556. The van der Waals surface area contributed by atoms with Crippen molar-refractivity contribution in [3.05, 3.63) is 31.8 Å². The smallest absolute Gasteiger partial charge is 0.329 e. The molecule has 1 rings (SSSR count). The molecule has 0 bridgehead atoms. The monoisotopic (exact) mass is 266 g/mol. The highest BCUT2D eigenvalue weighted by molar-refractivity contribution is 6.29. The lowest BCUT2D eigenvalue weighted by molar-refractivity contribution is 0.0657. The highest BCUT2D eigenvalue weighted by Gasteiger charge is 2.11. The molecule has 0 aromatic carbocycles. The van der Waals surface area contributed by atoms with Crippen LogP contribution in [0.5, 0.6) is 0 Å². The summed E-state index contributed by atoms with van der Waals surface area (Å²) < 4.78 is 23.6. The number of methoxy groups -OCH3 is 1. The fourth-order valence-corrected chi connectivity index (χ4v) is 1.29. The Labute approximate surface area is 101 Å². The van der Waals surface area contributed by atoms with Crippen LogP contribution in [0.4, 0.5) is 4.39 Å². The molecular weight excluding hydrogens is 255 g/mol. The van der Waals surface area contributed by atoms with Crippen LogP contribution in [0.2, 0.25) is 5.15 Å². The Morgan fingerprint density at radius 2 is 2.06 bits per heavy atom. The first-order valence-electron chi connectivity index (χ1n) is 4.82. The van der Waals surface area contributed by atoms with E-state index < -0.39 is 22.2 Å². The molecule has 0 amide bonds. The van der Waals surface area contributed by atoms with E-state index in [0.29, 0.717) is 17.8 Å². The number of aromatic nitrogens is 2. The zero-order chi connectivity index (χ0) is 12.8. The fourth-order valence-electron chi connectivity index (χ4n) is 1.12. The van der Waals surface area contributed by atoms with E-state index in [9.17, 15) is 14.0 Å². The normalized spacial score (nSPS) is 10.8. The van der Waals surface area contributed by atoms with Gasteiger partial charge in [-0.1, -0.05) is 11.6 Å². The van der Waals surface area contributed by atoms with Crippen molar-refractivity contribution in [3.63, 3.8) is 0 Å². The third-order valence-corrected chi connectivity index (χ3v) is 2.24. The third-order valence-electron chi connectivity index (χ3n) is 1.98. The number of nitrogens with one attached hydrogen (secondary N) is 1. The van der Waals surface area contributed by atoms with E-state index >= 15 is 0 Å². The topological polar surface area (TPSA) is 73.3 Å². The van der Waals surface area contributed by atoms with Crippen molar-refractivity contribution in [2.45, 2.75) is 6.54 Å². The van der Waals surface area contributed by atoms with Crippen molar-refractivity contribution < 1.29 is 13.9 Å². The Morgan fingerprint density at radius 3 is 2.71 bits per heavy atom. The summed E-state index contributed by atoms with van der Waals surface area (Å²) in [7, 11) is 1.52. The Morgan fingerprint density at radius 1 is 1.35 bits per heavy atom. The average molecular weight is 267 g/mol. The van der Waals surface area contributed by atoms with Crippen molar-refractivity contribution in [1.82, 2.24) is 9.55 Å². The molecule has 0 aliphatic carbocycles. The van der Waals surface area contributed by atoms with Gasteiger partial charge in [0.15, 0.2) is 5.15 Å². The summed E-state index contributed by atoms with van der Waals surface area (Å²) >= 11 is 5.30. The minimum atomic E-state index is -1.18. The van der Waals surface area contributed by atoms with E-state index in [1.54, 1.807) is 0 Å². The van der Waals surface area contributed by atoms with Gasteiger partial charge in [0, 0.05) is 7.11 Å². The van der Waals surface area contributed by atoms with Crippen LogP contribution in [0.3, 0.4) is 0 Å². The van der Waals surface area contributed by atoms with Gasteiger partial charge >= 0.3 is 5.69 Å². The molecule has 1 aromatic rings. The molecule has 0 aliphatic rings. The van der Waals surface area contributed by atoms with Crippen molar-refractivity contribution in [1.29, 1.82) is 0 Å². The zero-order valence-corrected chi connectivity index (χ0v) is 9.92. The molecule has 0 aliphatic heterocycles. The van der Waals surface area contributed by atoms with Gasteiger partial charge in [0.25, 0.3) is 5.56 Å². The van der Waals surface area contributed by atoms with Crippen molar-refractivity contribution >= 4 is 11.6 Å². The van der Waals surface area contributed by atoms with Gasteiger partial charge in [0.05, 0.1) is 26.4 Å². The molecule has 0 saturated heterocycles. The van der Waals surface area contributed by atoms with Crippen LogP contribution in [-0.2, 0) is 16.0 Å². The molecule has 0 saturated carbocycles. The summed E-state index contributed by atoms with van der Waals surface area (Å²) in [5.74, 6) is -1.18. The largest absolute Gasteiger partial charge is 0.382 e. The maximum Gasteiger partial charge on any atom is 0.329 e. The van der Waals surface area contributed by atoms with E-state index in [0.717, 1.165) is 0 Å². The molecular formula is C9H12ClFN2O4. The molecule has 1 aromatic heterocycles. The van der Waals surface area contributed by atoms with Crippen molar-refractivity contribution in [3.8, 4) is 0 Å². The second-order valence-electron chi connectivity index (χ2n) is 3.12. The lowest BCUT2D eigenvalue weighted by Gasteiger charge is -2.06. The number of hydrogen-bond acceptors (Lipinski definition) is 4. The number of H-pyrrole nitrogens is 1. The van der Waals surface area contributed by atoms with Crippen LogP contribution in [0.1, 0.15) is 0 Å². The summed E-state index contributed by atoms with van der Waals surface area (Å²) in [5.41, 5.74) is -1.83. The first-order valence-corrected chi connectivity index (χ1v) is 5.20. The van der Waals surface area contributed by atoms with Gasteiger partial charge in [0.1, 0.15) is 0 Å². The second-order valence-corrected chi connectivity index (χ2v) is 3.50. The molecule has 1 heterocycles. The Balaban J connectivity index is 2.69. The van der Waals surface area contributed by atoms with Crippen molar-refractivity contribution in [2.75, 3.05) is 26.9 Å². The molecule has 0 atom stereocenters. The van der Waals surface area contributed by atoms with Crippen LogP contribution >= 0.6 is 11.6 Å². The molecule has 8 heteroatoms. The van der Waals surface area contributed by atoms with Crippen LogP contribution in [0.25, 0.3) is 0 Å². The number of ether oxygens (including phenoxy) is 2. The molecule has 0 spiro atoms. The quantitative estimate of drug-likeness (QED) is 0.581. The van der Waals surface area contributed by atoms with Gasteiger partial charge in [0.2, 0.25) is 5.82 Å². The van der Waals surface area contributed by atoms with Crippen LogP contribution < -0.4 is 11.2 Å². The molecule has 96 valence electrons. The van der Waals surface area contributed by atoms with Gasteiger partial charge in [-0.2, -0.15) is 4.39 Å². The predicted octanol–water partition coefficient (Wildman–Crippen LogP) is -0.00790. The Kier molecular flexibility index (Phi) is 5.33. The lowest BCUT2D eigenvalue weighted by Crippen LogP contribution is -2.38. The predicted molar refractivity (Wildman–Crippen MR) is 59.0 cm³/mol. The molecule has 0 fully saturated rings. The number of halogens is 2. The van der Waals surface area contributed by atoms with E-state index in [1.807, 2.05) is 4.98 Å². The van der Waals surface area contributed by atoms with Gasteiger partial charge in [-0.25, -0.2) is 4.79 Å². The number of aromatic amines is 1. The maximum atomic E-state index is 13.1. The van der Waals surface area contributed by atoms with Gasteiger partial charge in [-0.15, -0.1) is 0 Å². The Bertz CT molecular complexity index is 485. The number of nitrogens with zero attached hydrogens (tertiary/aromatic N) is 1. The Hall–Kier alpha value is -1.18. The van der Waals surface area contributed by atoms with Crippen molar-refractivity contribution in [2.24, 2.45) is 0 Å². The maximum absolute atomic E-state index is 13.1. The summed E-state index contributed by atoms with van der Waals surface area (Å²) in [5, 5.41) is -0.587. The molecule has 17 heavy (non-hydrogen) atoms. The minimum absolute atomic E-state index is 0.0496. The first-order chi connectivity index (χ1) is 8.07. The molecule has 0 radical (unpaired) electrons. The van der Waals surface area contributed by atoms with Crippen LogP contribution in [0, 0.1) is 5.82 Å². The summed E-state index contributed by atoms with van der Waals surface area (Å²) in [6, 6.07) is 0. The number of hydrogen-bond donors (Lipinski definition) is 1. The molecule has 6 nitrogen and oxygen atoms in total. The standard InChI is InChI=1S/C9H12ClFN2O4/c1-16-4-5-17-3-2-13-8(14)6(11)7(10)12-9(13)15/h2-5H2,1H3,(H,12,15). The van der Waals surface area contributed by atoms with E-state index in [4.69, 9.17) is 21.1 Å². The molecule has 0 unspecified atom stereocenters. The first kappa shape index (κ1) is 13.9. The highest BCUT2D eigenvalue weighted by atomic mass is 35.5. The summed E-state index contributed by atoms with van der Waals surface area (Å²) in [6.45, 7) is 0.791. The highest BCUT2D eigenvalue weighted by Crippen LogP contribution is 2.01. The lowest BCUT2D eigenvalue weighted by atomic mass is 10.5. The SMILES string of the molecule is COCCOCCn1c(=O)[nH]c(Cl)c(F)c1=O. The van der Waals surface area contributed by atoms with Crippen LogP contribution in [-0.4, -0.2) is 36.5 Å². The third kappa shape index (κ3) is 3.65. The number of rotatable bonds is 6. The van der Waals surface area contributed by atoms with Gasteiger partial charge in [-0.05, 0) is 0 Å². The van der Waals surface area contributed by atoms with Gasteiger partial charge < -0.3 is 9.47 Å². The van der Waals surface area contributed by atoms with E-state index in [-0.39, 0.29) is 13.2 Å². The van der Waals surface area contributed by atoms with Crippen LogP contribution in [0.15, 0.2) is 9.59 Å². The van der Waals surface area contributed by atoms with E-state index in [2.05, 4.69) is 0 Å². The van der Waals surface area contributed by atoms with E-state index in [1.165, 1.54) is 7.11 Å². The second kappa shape index (κ2) is 6.53.